The van der Waals surface area contributed by atoms with Crippen molar-refractivity contribution in [3.63, 3.8) is 0 Å². The highest BCUT2D eigenvalue weighted by Gasteiger charge is 2.05. The van der Waals surface area contributed by atoms with Crippen LogP contribution in [-0.4, -0.2) is 43.6 Å². The molecule has 0 spiro atoms. The van der Waals surface area contributed by atoms with Gasteiger partial charge in [0, 0.05) is 19.8 Å². The Bertz CT molecular complexity index is 980. The molecule has 1 aromatic heterocycles. The van der Waals surface area contributed by atoms with Crippen LogP contribution >= 0.6 is 0 Å². The molecule has 0 fully saturated rings. The zero-order chi connectivity index (χ0) is 21.3. The minimum Gasteiger partial charge on any atom is -0.497 e. The van der Waals surface area contributed by atoms with E-state index in [1.807, 2.05) is 48.1 Å². The highest BCUT2D eigenvalue weighted by molar-refractivity contribution is 5.79. The highest BCUT2D eigenvalue weighted by Crippen LogP contribution is 2.19. The Hall–Kier alpha value is -3.48. The minimum atomic E-state index is 0.585. The van der Waals surface area contributed by atoms with Crippen molar-refractivity contribution in [2.45, 2.75) is 19.9 Å². The summed E-state index contributed by atoms with van der Waals surface area (Å²) >= 11 is 0. The van der Waals surface area contributed by atoms with E-state index in [1.165, 1.54) is 5.56 Å². The van der Waals surface area contributed by atoms with Crippen LogP contribution in [-0.2, 0) is 13.0 Å². The SMILES string of the molecule is CN=C(NCCc1ccc(C)c(OC)c1)NCc1ccn(-c2ccc(OC)cc2)n1. The fourth-order valence-corrected chi connectivity index (χ4v) is 3.07. The first-order valence-corrected chi connectivity index (χ1v) is 9.90. The van der Waals surface area contributed by atoms with Crippen molar-refractivity contribution in [3.05, 3.63) is 71.5 Å². The summed E-state index contributed by atoms with van der Waals surface area (Å²) in [6, 6.07) is 16.1. The molecule has 0 amide bonds. The van der Waals surface area contributed by atoms with E-state index in [9.17, 15) is 0 Å². The number of aryl methyl sites for hydroxylation is 1. The lowest BCUT2D eigenvalue weighted by Gasteiger charge is -2.12. The third-order valence-corrected chi connectivity index (χ3v) is 4.82. The van der Waals surface area contributed by atoms with Crippen LogP contribution in [0.25, 0.3) is 5.69 Å². The van der Waals surface area contributed by atoms with Crippen molar-refractivity contribution >= 4 is 5.96 Å². The first kappa shape index (κ1) is 21.2. The Morgan fingerprint density at radius 1 is 1.03 bits per heavy atom. The van der Waals surface area contributed by atoms with Gasteiger partial charge >= 0.3 is 0 Å². The van der Waals surface area contributed by atoms with Gasteiger partial charge in [-0.1, -0.05) is 12.1 Å². The smallest absolute Gasteiger partial charge is 0.191 e. The van der Waals surface area contributed by atoms with Gasteiger partial charge in [-0.3, -0.25) is 4.99 Å². The van der Waals surface area contributed by atoms with Crippen molar-refractivity contribution in [2.24, 2.45) is 4.99 Å². The van der Waals surface area contributed by atoms with E-state index >= 15 is 0 Å². The first-order valence-electron chi connectivity index (χ1n) is 9.90. The molecule has 2 aromatic carbocycles. The van der Waals surface area contributed by atoms with Crippen molar-refractivity contribution in [2.75, 3.05) is 27.8 Å². The molecule has 0 aliphatic carbocycles. The summed E-state index contributed by atoms with van der Waals surface area (Å²) in [7, 11) is 5.12. The summed E-state index contributed by atoms with van der Waals surface area (Å²) in [5, 5.41) is 11.3. The topological polar surface area (TPSA) is 72.7 Å². The van der Waals surface area contributed by atoms with Crippen LogP contribution in [0, 0.1) is 6.92 Å². The van der Waals surface area contributed by atoms with Crippen molar-refractivity contribution in [1.82, 2.24) is 20.4 Å². The second-order valence-corrected chi connectivity index (χ2v) is 6.86. The molecule has 7 nitrogen and oxygen atoms in total. The molecule has 1 heterocycles. The lowest BCUT2D eigenvalue weighted by Crippen LogP contribution is -2.38. The Morgan fingerprint density at radius 2 is 1.83 bits per heavy atom. The first-order chi connectivity index (χ1) is 14.6. The van der Waals surface area contributed by atoms with Gasteiger partial charge in [0.05, 0.1) is 32.1 Å². The number of hydrogen-bond donors (Lipinski definition) is 2. The molecule has 158 valence electrons. The number of methoxy groups -OCH3 is 2. The third-order valence-electron chi connectivity index (χ3n) is 4.82. The maximum Gasteiger partial charge on any atom is 0.191 e. The van der Waals surface area contributed by atoms with Gasteiger partial charge in [0.25, 0.3) is 0 Å². The summed E-state index contributed by atoms with van der Waals surface area (Å²) in [5.41, 5.74) is 4.27. The molecule has 0 bridgehead atoms. The third kappa shape index (κ3) is 5.53. The second-order valence-electron chi connectivity index (χ2n) is 6.86. The largest absolute Gasteiger partial charge is 0.497 e. The van der Waals surface area contributed by atoms with Crippen LogP contribution in [0.5, 0.6) is 11.5 Å². The lowest BCUT2D eigenvalue weighted by molar-refractivity contribution is 0.411. The molecule has 0 radical (unpaired) electrons. The molecule has 0 saturated carbocycles. The summed E-state index contributed by atoms with van der Waals surface area (Å²) in [6.07, 6.45) is 2.82. The van der Waals surface area contributed by atoms with Crippen molar-refractivity contribution in [3.8, 4) is 17.2 Å². The Kier molecular flexibility index (Phi) is 7.32. The van der Waals surface area contributed by atoms with Gasteiger partial charge in [-0.25, -0.2) is 4.68 Å². The maximum atomic E-state index is 5.40. The molecule has 2 N–H and O–H groups in total. The fraction of sp³-hybridized carbons (Fsp3) is 0.304. The van der Waals surface area contributed by atoms with Gasteiger partial charge in [-0.15, -0.1) is 0 Å². The van der Waals surface area contributed by atoms with Gasteiger partial charge in [0.15, 0.2) is 5.96 Å². The van der Waals surface area contributed by atoms with E-state index in [1.54, 1.807) is 21.3 Å². The maximum absolute atomic E-state index is 5.40. The average molecular weight is 408 g/mol. The summed E-state index contributed by atoms with van der Waals surface area (Å²) in [5.74, 6) is 2.49. The number of nitrogens with one attached hydrogen (secondary N) is 2. The molecule has 0 atom stereocenters. The molecule has 30 heavy (non-hydrogen) atoms. The number of rotatable bonds is 8. The normalized spacial score (nSPS) is 11.3. The van der Waals surface area contributed by atoms with Gasteiger partial charge < -0.3 is 20.1 Å². The molecule has 0 saturated heterocycles. The molecule has 7 heteroatoms. The van der Waals surface area contributed by atoms with Crippen molar-refractivity contribution < 1.29 is 9.47 Å². The predicted octanol–water partition coefficient (Wildman–Crippen LogP) is 3.11. The van der Waals surface area contributed by atoms with E-state index in [4.69, 9.17) is 9.47 Å². The summed E-state index contributed by atoms with van der Waals surface area (Å²) < 4.78 is 12.4. The molecule has 3 rings (SSSR count). The van der Waals surface area contributed by atoms with Crippen LogP contribution in [0.1, 0.15) is 16.8 Å². The van der Waals surface area contributed by atoms with E-state index in [2.05, 4.69) is 38.9 Å². The lowest BCUT2D eigenvalue weighted by atomic mass is 10.1. The molecule has 0 aliphatic rings. The van der Waals surface area contributed by atoms with Crippen LogP contribution < -0.4 is 20.1 Å². The molecular formula is C23H29N5O2. The Balaban J connectivity index is 1.49. The quantitative estimate of drug-likeness (QED) is 0.443. The number of ether oxygens (including phenoxy) is 2. The van der Waals surface area contributed by atoms with E-state index in [-0.39, 0.29) is 0 Å². The fourth-order valence-electron chi connectivity index (χ4n) is 3.07. The van der Waals surface area contributed by atoms with E-state index in [0.29, 0.717) is 6.54 Å². The number of benzene rings is 2. The second kappa shape index (κ2) is 10.3. The monoisotopic (exact) mass is 407 g/mol. The summed E-state index contributed by atoms with van der Waals surface area (Å²) in [4.78, 5) is 4.29. The zero-order valence-electron chi connectivity index (χ0n) is 18.0. The van der Waals surface area contributed by atoms with Crippen molar-refractivity contribution in [1.29, 1.82) is 0 Å². The van der Waals surface area contributed by atoms with Gasteiger partial charge in [0.2, 0.25) is 0 Å². The Labute approximate surface area is 177 Å². The summed E-state index contributed by atoms with van der Waals surface area (Å²) in [6.45, 7) is 3.40. The number of nitrogens with zero attached hydrogens (tertiary/aromatic N) is 3. The zero-order valence-corrected chi connectivity index (χ0v) is 18.0. The van der Waals surface area contributed by atoms with E-state index in [0.717, 1.165) is 47.4 Å². The number of guanidine groups is 1. The van der Waals surface area contributed by atoms with Crippen LogP contribution in [0.2, 0.25) is 0 Å². The standard InChI is InChI=1S/C23H29N5O2/c1-17-5-6-18(15-22(17)30-4)11-13-25-23(24-2)26-16-19-12-14-28(27-19)20-7-9-21(29-3)10-8-20/h5-10,12,14-15H,11,13,16H2,1-4H3,(H2,24,25,26). The van der Waals surface area contributed by atoms with Gasteiger partial charge in [0.1, 0.15) is 11.5 Å². The van der Waals surface area contributed by atoms with Crippen LogP contribution in [0.3, 0.4) is 0 Å². The van der Waals surface area contributed by atoms with Crippen LogP contribution in [0.4, 0.5) is 0 Å². The van der Waals surface area contributed by atoms with Crippen LogP contribution in [0.15, 0.2) is 59.7 Å². The predicted molar refractivity (Wildman–Crippen MR) is 120 cm³/mol. The van der Waals surface area contributed by atoms with E-state index < -0.39 is 0 Å². The van der Waals surface area contributed by atoms with Gasteiger partial charge in [-0.2, -0.15) is 5.10 Å². The molecular weight excluding hydrogens is 378 g/mol. The Morgan fingerprint density at radius 3 is 2.53 bits per heavy atom. The number of hydrogen-bond acceptors (Lipinski definition) is 4. The number of aromatic nitrogens is 2. The molecule has 0 unspecified atom stereocenters. The highest BCUT2D eigenvalue weighted by atomic mass is 16.5. The number of aliphatic imine (C=N–C) groups is 1. The minimum absolute atomic E-state index is 0.585. The van der Waals surface area contributed by atoms with Gasteiger partial charge in [-0.05, 0) is 60.9 Å². The molecule has 3 aromatic rings. The molecule has 0 aliphatic heterocycles. The average Bonchev–Trinajstić information content (AvgIpc) is 3.26.